The molecular weight excluding hydrogens is 276 g/mol. The molecule has 8 nitrogen and oxygen atoms in total. The summed E-state index contributed by atoms with van der Waals surface area (Å²) in [5.41, 5.74) is 5.48. The summed E-state index contributed by atoms with van der Waals surface area (Å²) in [5, 5.41) is 16.4. The summed E-state index contributed by atoms with van der Waals surface area (Å²) < 4.78 is 0. The van der Waals surface area contributed by atoms with Gasteiger partial charge < -0.3 is 16.4 Å². The van der Waals surface area contributed by atoms with Gasteiger partial charge in [0.2, 0.25) is 5.91 Å². The molecule has 0 saturated heterocycles. The van der Waals surface area contributed by atoms with Crippen molar-refractivity contribution in [3.05, 3.63) is 33.9 Å². The second-order valence-electron chi connectivity index (χ2n) is 4.84. The largest absolute Gasteiger partial charge is 0.383 e. The highest BCUT2D eigenvalue weighted by Crippen LogP contribution is 2.28. The molecule has 0 bridgehead atoms. The highest BCUT2D eigenvalue weighted by atomic mass is 16.6. The zero-order chi connectivity index (χ0) is 15.4. The number of carbonyl (C=O) groups excluding carboxylic acids is 2. The van der Waals surface area contributed by atoms with Gasteiger partial charge in [-0.15, -0.1) is 0 Å². The fourth-order valence-electron chi connectivity index (χ4n) is 1.88. The fourth-order valence-corrected chi connectivity index (χ4v) is 1.88. The molecule has 1 saturated carbocycles. The number of primary amides is 1. The minimum atomic E-state index is -0.747. The molecule has 0 heterocycles. The number of benzene rings is 1. The van der Waals surface area contributed by atoms with Crippen LogP contribution in [-0.4, -0.2) is 29.8 Å². The van der Waals surface area contributed by atoms with Gasteiger partial charge in [0.25, 0.3) is 11.6 Å². The van der Waals surface area contributed by atoms with Crippen LogP contribution in [0.3, 0.4) is 0 Å². The Morgan fingerprint density at radius 1 is 1.33 bits per heavy atom. The highest BCUT2D eigenvalue weighted by molar-refractivity contribution is 5.99. The minimum Gasteiger partial charge on any atom is -0.383 e. The normalized spacial score (nSPS) is 13.5. The number of non-ortho nitro benzene ring substituents is 1. The van der Waals surface area contributed by atoms with Crippen LogP contribution < -0.4 is 16.4 Å². The van der Waals surface area contributed by atoms with E-state index in [0.29, 0.717) is 18.8 Å². The number of nitro benzene ring substituents is 1. The first kappa shape index (κ1) is 14.8. The molecular formula is C13H16N4O4. The van der Waals surface area contributed by atoms with Crippen molar-refractivity contribution in [3.63, 3.8) is 0 Å². The third-order valence-electron chi connectivity index (χ3n) is 3.17. The monoisotopic (exact) mass is 292 g/mol. The van der Waals surface area contributed by atoms with Crippen LogP contribution in [-0.2, 0) is 4.79 Å². The van der Waals surface area contributed by atoms with Crippen LogP contribution in [0.5, 0.6) is 0 Å². The van der Waals surface area contributed by atoms with Crippen molar-refractivity contribution in [3.8, 4) is 0 Å². The first-order chi connectivity index (χ1) is 9.99. The van der Waals surface area contributed by atoms with Gasteiger partial charge >= 0.3 is 0 Å². The van der Waals surface area contributed by atoms with Crippen molar-refractivity contribution in [1.82, 2.24) is 5.32 Å². The summed E-state index contributed by atoms with van der Waals surface area (Å²) in [6.45, 7) is 0.807. The Hall–Kier alpha value is -2.64. The van der Waals surface area contributed by atoms with Crippen LogP contribution in [0.15, 0.2) is 18.2 Å². The molecule has 0 aliphatic heterocycles. The van der Waals surface area contributed by atoms with E-state index >= 15 is 0 Å². The van der Waals surface area contributed by atoms with Crippen molar-refractivity contribution in [1.29, 1.82) is 0 Å². The Balaban J connectivity index is 1.93. The Morgan fingerprint density at radius 2 is 2.05 bits per heavy atom. The van der Waals surface area contributed by atoms with Gasteiger partial charge in [0.05, 0.1) is 10.5 Å². The highest BCUT2D eigenvalue weighted by Gasteiger charge is 2.28. The van der Waals surface area contributed by atoms with Gasteiger partial charge in [-0.2, -0.15) is 0 Å². The van der Waals surface area contributed by atoms with Gasteiger partial charge in [0.15, 0.2) is 0 Å². The first-order valence-corrected chi connectivity index (χ1v) is 6.59. The van der Waals surface area contributed by atoms with Crippen LogP contribution in [0, 0.1) is 16.0 Å². The quantitative estimate of drug-likeness (QED) is 0.386. The zero-order valence-electron chi connectivity index (χ0n) is 11.3. The second-order valence-corrected chi connectivity index (χ2v) is 4.84. The Kier molecular flexibility index (Phi) is 4.36. The molecule has 0 atom stereocenters. The molecule has 0 unspecified atom stereocenters. The molecule has 1 aliphatic rings. The molecule has 0 spiro atoms. The average Bonchev–Trinajstić information content (AvgIpc) is 3.27. The molecule has 2 amide bonds. The Bertz CT molecular complexity index is 584. The number of nitrogens with one attached hydrogen (secondary N) is 2. The molecule has 8 heteroatoms. The summed E-state index contributed by atoms with van der Waals surface area (Å²) in [7, 11) is 0. The van der Waals surface area contributed by atoms with Gasteiger partial charge in [-0.25, -0.2) is 0 Å². The number of carbonyl (C=O) groups is 2. The Morgan fingerprint density at radius 3 is 2.62 bits per heavy atom. The predicted octanol–water partition coefficient (Wildman–Crippen LogP) is 0.632. The molecule has 1 aliphatic carbocycles. The molecule has 2 rings (SSSR count). The smallest absolute Gasteiger partial charge is 0.270 e. The third-order valence-corrected chi connectivity index (χ3v) is 3.17. The summed E-state index contributed by atoms with van der Waals surface area (Å²) in [6, 6.07) is 3.85. The molecule has 112 valence electrons. The number of nitrogens with zero attached hydrogens (tertiary/aromatic N) is 1. The summed E-state index contributed by atoms with van der Waals surface area (Å²) in [5.74, 6) is -0.565. The second kappa shape index (κ2) is 6.21. The molecule has 4 N–H and O–H groups in total. The topological polar surface area (TPSA) is 127 Å². The van der Waals surface area contributed by atoms with Crippen molar-refractivity contribution in [2.75, 3.05) is 18.4 Å². The van der Waals surface area contributed by atoms with E-state index in [-0.39, 0.29) is 23.1 Å². The van der Waals surface area contributed by atoms with Gasteiger partial charge in [0.1, 0.15) is 0 Å². The predicted molar refractivity (Wildman–Crippen MR) is 75.8 cm³/mol. The SMILES string of the molecule is NC(=O)c1cc([N+](=O)[O-])ccc1NCCNC(=O)C1CC1. The number of hydrogen-bond donors (Lipinski definition) is 3. The van der Waals surface area contributed by atoms with Gasteiger partial charge in [-0.3, -0.25) is 19.7 Å². The van der Waals surface area contributed by atoms with Gasteiger partial charge in [-0.1, -0.05) is 0 Å². The van der Waals surface area contributed by atoms with Crippen molar-refractivity contribution >= 4 is 23.2 Å². The summed E-state index contributed by atoms with van der Waals surface area (Å²) >= 11 is 0. The van der Waals surface area contributed by atoms with Crippen LogP contribution in [0.1, 0.15) is 23.2 Å². The summed E-state index contributed by atoms with van der Waals surface area (Å²) in [6.07, 6.45) is 1.88. The van der Waals surface area contributed by atoms with Gasteiger partial charge in [0, 0.05) is 36.8 Å². The lowest BCUT2D eigenvalue weighted by Crippen LogP contribution is -2.30. The van der Waals surface area contributed by atoms with Crippen molar-refractivity contribution in [2.45, 2.75) is 12.8 Å². The minimum absolute atomic E-state index is 0.0376. The lowest BCUT2D eigenvalue weighted by molar-refractivity contribution is -0.384. The van der Waals surface area contributed by atoms with E-state index in [1.165, 1.54) is 12.1 Å². The molecule has 21 heavy (non-hydrogen) atoms. The molecule has 0 radical (unpaired) electrons. The van der Waals surface area contributed by atoms with E-state index < -0.39 is 10.8 Å². The van der Waals surface area contributed by atoms with E-state index in [1.54, 1.807) is 0 Å². The fraction of sp³-hybridized carbons (Fsp3) is 0.385. The molecule has 0 aromatic heterocycles. The molecule has 1 fully saturated rings. The van der Waals surface area contributed by atoms with Crippen molar-refractivity contribution in [2.24, 2.45) is 11.7 Å². The third kappa shape index (κ3) is 3.91. The number of anilines is 1. The number of hydrogen-bond acceptors (Lipinski definition) is 5. The first-order valence-electron chi connectivity index (χ1n) is 6.59. The maximum Gasteiger partial charge on any atom is 0.270 e. The van der Waals surface area contributed by atoms with Crippen LogP contribution in [0.2, 0.25) is 0 Å². The van der Waals surface area contributed by atoms with E-state index in [0.717, 1.165) is 18.9 Å². The molecule has 1 aromatic carbocycles. The van der Waals surface area contributed by atoms with E-state index in [9.17, 15) is 19.7 Å². The van der Waals surface area contributed by atoms with Crippen LogP contribution >= 0.6 is 0 Å². The zero-order valence-corrected chi connectivity index (χ0v) is 11.3. The van der Waals surface area contributed by atoms with Crippen molar-refractivity contribution < 1.29 is 14.5 Å². The van der Waals surface area contributed by atoms with E-state index in [4.69, 9.17) is 5.73 Å². The average molecular weight is 292 g/mol. The standard InChI is InChI=1S/C13H16N4O4/c14-12(18)10-7-9(17(20)21)3-4-11(10)15-5-6-16-13(19)8-1-2-8/h3-4,7-8,15H,1-2,5-6H2,(H2,14,18)(H,16,19). The molecule has 1 aromatic rings. The number of rotatable bonds is 7. The maximum absolute atomic E-state index is 11.4. The lowest BCUT2D eigenvalue weighted by atomic mass is 10.1. The maximum atomic E-state index is 11.4. The van der Waals surface area contributed by atoms with Crippen LogP contribution in [0.25, 0.3) is 0 Å². The Labute approximate surface area is 120 Å². The number of nitro groups is 1. The van der Waals surface area contributed by atoms with Crippen LogP contribution in [0.4, 0.5) is 11.4 Å². The lowest BCUT2D eigenvalue weighted by Gasteiger charge is -2.10. The van der Waals surface area contributed by atoms with E-state index in [2.05, 4.69) is 10.6 Å². The number of amides is 2. The summed E-state index contributed by atoms with van der Waals surface area (Å²) in [4.78, 5) is 32.8. The van der Waals surface area contributed by atoms with Gasteiger partial charge in [-0.05, 0) is 18.9 Å². The van der Waals surface area contributed by atoms with E-state index in [1.807, 2.05) is 0 Å². The number of nitrogens with two attached hydrogens (primary N) is 1.